The second-order valence-electron chi connectivity index (χ2n) is 5.44. The predicted molar refractivity (Wildman–Crippen MR) is 92.7 cm³/mol. The third-order valence-electron chi connectivity index (χ3n) is 3.89. The first-order valence-corrected chi connectivity index (χ1v) is 7.57. The molecule has 0 N–H and O–H groups in total. The molecule has 0 aliphatic carbocycles. The Morgan fingerprint density at radius 1 is 0.792 bits per heavy atom. The van der Waals surface area contributed by atoms with Crippen molar-refractivity contribution in [1.82, 2.24) is 9.55 Å². The van der Waals surface area contributed by atoms with E-state index in [0.717, 1.165) is 5.56 Å². The fourth-order valence-electron chi connectivity index (χ4n) is 2.74. The lowest BCUT2D eigenvalue weighted by atomic mass is 10.1. The second kappa shape index (κ2) is 5.74. The van der Waals surface area contributed by atoms with Gasteiger partial charge in [0.25, 0.3) is 5.56 Å². The molecule has 4 aromatic rings. The molecule has 0 bridgehead atoms. The van der Waals surface area contributed by atoms with E-state index in [2.05, 4.69) is 4.98 Å². The summed E-state index contributed by atoms with van der Waals surface area (Å²) < 4.78 is 14.8. The molecule has 3 aromatic carbocycles. The SMILES string of the molecule is O=c1c2ccccc2nc(-c2ccccc2)n1-c1ccc(F)cc1. The topological polar surface area (TPSA) is 34.9 Å². The summed E-state index contributed by atoms with van der Waals surface area (Å²) in [4.78, 5) is 17.7. The van der Waals surface area contributed by atoms with Gasteiger partial charge < -0.3 is 0 Å². The molecule has 116 valence electrons. The molecule has 1 heterocycles. The Bertz CT molecular complexity index is 1070. The molecule has 0 radical (unpaired) electrons. The van der Waals surface area contributed by atoms with Crippen molar-refractivity contribution < 1.29 is 4.39 Å². The van der Waals surface area contributed by atoms with E-state index in [0.29, 0.717) is 22.4 Å². The number of aromatic nitrogens is 2. The van der Waals surface area contributed by atoms with E-state index in [1.54, 1.807) is 18.2 Å². The first-order valence-electron chi connectivity index (χ1n) is 7.57. The van der Waals surface area contributed by atoms with E-state index in [1.165, 1.54) is 16.7 Å². The Labute approximate surface area is 137 Å². The third kappa shape index (κ3) is 2.38. The molecule has 0 fully saturated rings. The van der Waals surface area contributed by atoms with Gasteiger partial charge in [0.05, 0.1) is 16.6 Å². The molecule has 24 heavy (non-hydrogen) atoms. The Balaban J connectivity index is 2.11. The van der Waals surface area contributed by atoms with Gasteiger partial charge in [-0.25, -0.2) is 9.37 Å². The highest BCUT2D eigenvalue weighted by Crippen LogP contribution is 2.22. The monoisotopic (exact) mass is 316 g/mol. The highest BCUT2D eigenvalue weighted by molar-refractivity contribution is 5.80. The zero-order valence-electron chi connectivity index (χ0n) is 12.7. The predicted octanol–water partition coefficient (Wildman–Crippen LogP) is 4.19. The lowest BCUT2D eigenvalue weighted by molar-refractivity contribution is 0.627. The average molecular weight is 316 g/mol. The number of benzene rings is 3. The first-order chi connectivity index (χ1) is 11.7. The van der Waals surface area contributed by atoms with Gasteiger partial charge in [-0.15, -0.1) is 0 Å². The lowest BCUT2D eigenvalue weighted by Crippen LogP contribution is -2.21. The molecule has 0 aliphatic heterocycles. The summed E-state index contributed by atoms with van der Waals surface area (Å²) in [5.74, 6) is 0.188. The van der Waals surface area contributed by atoms with Crippen LogP contribution in [0.3, 0.4) is 0 Å². The minimum atomic E-state index is -0.346. The molecule has 0 saturated heterocycles. The maximum Gasteiger partial charge on any atom is 0.266 e. The van der Waals surface area contributed by atoms with E-state index in [1.807, 2.05) is 48.5 Å². The summed E-state index contributed by atoms with van der Waals surface area (Å²) in [6.45, 7) is 0. The lowest BCUT2D eigenvalue weighted by Gasteiger charge is -2.13. The fraction of sp³-hybridized carbons (Fsp3) is 0. The van der Waals surface area contributed by atoms with Crippen LogP contribution in [0, 0.1) is 5.82 Å². The maximum absolute atomic E-state index is 13.3. The van der Waals surface area contributed by atoms with Crippen molar-refractivity contribution >= 4 is 10.9 Å². The number of fused-ring (bicyclic) bond motifs is 1. The molecule has 3 nitrogen and oxygen atoms in total. The molecule has 0 unspecified atom stereocenters. The van der Waals surface area contributed by atoms with Crippen molar-refractivity contribution in [2.45, 2.75) is 0 Å². The Hall–Kier alpha value is -3.27. The smallest absolute Gasteiger partial charge is 0.266 e. The van der Waals surface area contributed by atoms with Crippen LogP contribution >= 0.6 is 0 Å². The molecular weight excluding hydrogens is 303 g/mol. The van der Waals surface area contributed by atoms with Crippen molar-refractivity contribution in [2.24, 2.45) is 0 Å². The zero-order valence-corrected chi connectivity index (χ0v) is 12.7. The average Bonchev–Trinajstić information content (AvgIpc) is 2.63. The van der Waals surface area contributed by atoms with Crippen molar-refractivity contribution in [3.63, 3.8) is 0 Å². The minimum absolute atomic E-state index is 0.175. The standard InChI is InChI=1S/C20H13FN2O/c21-15-10-12-16(13-11-15)23-19(14-6-2-1-3-7-14)22-18-9-5-4-8-17(18)20(23)24/h1-13H. The molecule has 0 saturated carbocycles. The number of para-hydroxylation sites is 1. The van der Waals surface area contributed by atoms with Crippen LogP contribution in [-0.2, 0) is 0 Å². The van der Waals surface area contributed by atoms with Gasteiger partial charge in [0.1, 0.15) is 11.6 Å². The number of hydrogen-bond acceptors (Lipinski definition) is 2. The molecule has 4 rings (SSSR count). The molecule has 1 aromatic heterocycles. The summed E-state index contributed by atoms with van der Waals surface area (Å²) >= 11 is 0. The Kier molecular flexibility index (Phi) is 3.43. The van der Waals surface area contributed by atoms with Crippen LogP contribution in [0.5, 0.6) is 0 Å². The van der Waals surface area contributed by atoms with Gasteiger partial charge >= 0.3 is 0 Å². The molecule has 4 heteroatoms. The van der Waals surface area contributed by atoms with Gasteiger partial charge in [-0.3, -0.25) is 9.36 Å². The van der Waals surface area contributed by atoms with Crippen LogP contribution in [0.25, 0.3) is 28.0 Å². The van der Waals surface area contributed by atoms with Gasteiger partial charge in [0, 0.05) is 5.56 Å². The van der Waals surface area contributed by atoms with Crippen LogP contribution in [-0.4, -0.2) is 9.55 Å². The number of nitrogens with zero attached hydrogens (tertiary/aromatic N) is 2. The van der Waals surface area contributed by atoms with Gasteiger partial charge in [-0.05, 0) is 36.4 Å². The van der Waals surface area contributed by atoms with E-state index >= 15 is 0 Å². The van der Waals surface area contributed by atoms with E-state index < -0.39 is 0 Å². The van der Waals surface area contributed by atoms with Crippen LogP contribution in [0.2, 0.25) is 0 Å². The summed E-state index contributed by atoms with van der Waals surface area (Å²) in [6, 6.07) is 22.6. The van der Waals surface area contributed by atoms with Crippen LogP contribution in [0.15, 0.2) is 83.7 Å². The largest absolute Gasteiger partial charge is 0.268 e. The number of halogens is 1. The molecule has 0 aliphatic rings. The van der Waals surface area contributed by atoms with Crippen LogP contribution in [0.4, 0.5) is 4.39 Å². The minimum Gasteiger partial charge on any atom is -0.268 e. The fourth-order valence-corrected chi connectivity index (χ4v) is 2.74. The van der Waals surface area contributed by atoms with Crippen molar-refractivity contribution in [3.05, 3.63) is 95.0 Å². The van der Waals surface area contributed by atoms with E-state index in [4.69, 9.17) is 0 Å². The number of rotatable bonds is 2. The molecule has 0 amide bonds. The quantitative estimate of drug-likeness (QED) is 0.556. The highest BCUT2D eigenvalue weighted by atomic mass is 19.1. The highest BCUT2D eigenvalue weighted by Gasteiger charge is 2.14. The number of hydrogen-bond donors (Lipinski definition) is 0. The van der Waals surface area contributed by atoms with Crippen molar-refractivity contribution in [3.8, 4) is 17.1 Å². The zero-order chi connectivity index (χ0) is 16.5. The summed E-state index contributed by atoms with van der Waals surface area (Å²) in [6.07, 6.45) is 0. The molecule has 0 spiro atoms. The normalized spacial score (nSPS) is 10.9. The Morgan fingerprint density at radius 2 is 1.46 bits per heavy atom. The summed E-state index contributed by atoms with van der Waals surface area (Å²) in [7, 11) is 0. The van der Waals surface area contributed by atoms with Gasteiger partial charge in [0.2, 0.25) is 0 Å². The van der Waals surface area contributed by atoms with E-state index in [9.17, 15) is 9.18 Å². The summed E-state index contributed by atoms with van der Waals surface area (Å²) in [5.41, 5.74) is 1.87. The first kappa shape index (κ1) is 14.3. The van der Waals surface area contributed by atoms with Crippen molar-refractivity contribution in [1.29, 1.82) is 0 Å². The van der Waals surface area contributed by atoms with Gasteiger partial charge in [-0.2, -0.15) is 0 Å². The molecule has 0 atom stereocenters. The van der Waals surface area contributed by atoms with Crippen molar-refractivity contribution in [2.75, 3.05) is 0 Å². The summed E-state index contributed by atoms with van der Waals surface area (Å²) in [5, 5.41) is 0.529. The van der Waals surface area contributed by atoms with E-state index in [-0.39, 0.29) is 11.4 Å². The van der Waals surface area contributed by atoms with Gasteiger partial charge in [0.15, 0.2) is 0 Å². The third-order valence-corrected chi connectivity index (χ3v) is 3.89. The van der Waals surface area contributed by atoms with Crippen LogP contribution in [0.1, 0.15) is 0 Å². The molecular formula is C20H13FN2O. The maximum atomic E-state index is 13.3. The van der Waals surface area contributed by atoms with Crippen LogP contribution < -0.4 is 5.56 Å². The second-order valence-corrected chi connectivity index (χ2v) is 5.44. The Morgan fingerprint density at radius 3 is 2.21 bits per heavy atom. The van der Waals surface area contributed by atoms with Gasteiger partial charge in [-0.1, -0.05) is 42.5 Å².